The van der Waals surface area contributed by atoms with E-state index in [1.807, 2.05) is 12.1 Å². The van der Waals surface area contributed by atoms with Crippen LogP contribution in [0, 0.1) is 5.92 Å². The second-order valence-electron chi connectivity index (χ2n) is 5.20. The fraction of sp³-hybridized carbons (Fsp3) is 0.562. The molecular formula is C16H23NO2. The molecule has 0 aromatic heterocycles. The van der Waals surface area contributed by atoms with Crippen molar-refractivity contribution in [2.24, 2.45) is 11.7 Å². The highest BCUT2D eigenvalue weighted by atomic mass is 16.5. The smallest absolute Gasteiger partial charge is 0.140 e. The molecule has 0 saturated carbocycles. The van der Waals surface area contributed by atoms with Gasteiger partial charge in [0.05, 0.1) is 12.7 Å². The number of benzene rings is 1. The first-order valence-electron chi connectivity index (χ1n) is 7.18. The van der Waals surface area contributed by atoms with Gasteiger partial charge in [-0.1, -0.05) is 37.6 Å². The molecule has 19 heavy (non-hydrogen) atoms. The van der Waals surface area contributed by atoms with Gasteiger partial charge in [-0.2, -0.15) is 0 Å². The van der Waals surface area contributed by atoms with Crippen molar-refractivity contribution in [3.8, 4) is 0 Å². The van der Waals surface area contributed by atoms with Crippen molar-refractivity contribution in [2.45, 2.75) is 38.7 Å². The van der Waals surface area contributed by atoms with Crippen LogP contribution in [0.5, 0.6) is 0 Å². The molecule has 3 nitrogen and oxygen atoms in total. The molecule has 104 valence electrons. The first kappa shape index (κ1) is 14.2. The lowest BCUT2D eigenvalue weighted by atomic mass is 9.89. The van der Waals surface area contributed by atoms with Gasteiger partial charge in [-0.3, -0.25) is 4.79 Å². The van der Waals surface area contributed by atoms with E-state index in [4.69, 9.17) is 10.5 Å². The number of rotatable bonds is 6. The van der Waals surface area contributed by atoms with Gasteiger partial charge in [0.15, 0.2) is 0 Å². The van der Waals surface area contributed by atoms with Crippen LogP contribution in [0.3, 0.4) is 0 Å². The van der Waals surface area contributed by atoms with E-state index in [-0.39, 0.29) is 17.8 Å². The van der Waals surface area contributed by atoms with Crippen molar-refractivity contribution < 1.29 is 9.53 Å². The molecule has 0 aliphatic carbocycles. The van der Waals surface area contributed by atoms with Gasteiger partial charge < -0.3 is 10.5 Å². The van der Waals surface area contributed by atoms with Gasteiger partial charge in [0, 0.05) is 18.9 Å². The summed E-state index contributed by atoms with van der Waals surface area (Å²) in [6.45, 7) is 3.24. The predicted molar refractivity (Wildman–Crippen MR) is 75.9 cm³/mol. The summed E-state index contributed by atoms with van der Waals surface area (Å²) >= 11 is 0. The summed E-state index contributed by atoms with van der Waals surface area (Å²) in [5.41, 5.74) is 8.18. The summed E-state index contributed by atoms with van der Waals surface area (Å²) in [6.07, 6.45) is 3.19. The molecular weight excluding hydrogens is 238 g/mol. The molecule has 1 aromatic rings. The molecule has 1 heterocycles. The lowest BCUT2D eigenvalue weighted by Crippen LogP contribution is -2.27. The first-order valence-corrected chi connectivity index (χ1v) is 7.18. The summed E-state index contributed by atoms with van der Waals surface area (Å²) in [5.74, 6) is 0.230. The quantitative estimate of drug-likeness (QED) is 0.856. The second-order valence-corrected chi connectivity index (χ2v) is 5.20. The molecule has 0 radical (unpaired) electrons. The van der Waals surface area contributed by atoms with Gasteiger partial charge >= 0.3 is 0 Å². The maximum absolute atomic E-state index is 12.3. The van der Waals surface area contributed by atoms with Gasteiger partial charge in [-0.05, 0) is 24.0 Å². The number of ether oxygens (including phenoxy) is 1. The van der Waals surface area contributed by atoms with E-state index in [1.54, 1.807) is 0 Å². The molecule has 1 aliphatic rings. The lowest BCUT2D eigenvalue weighted by molar-refractivity contribution is -0.126. The van der Waals surface area contributed by atoms with Crippen LogP contribution in [-0.4, -0.2) is 18.9 Å². The molecule has 2 atom stereocenters. The highest BCUT2D eigenvalue weighted by Crippen LogP contribution is 2.30. The Morgan fingerprint density at radius 1 is 1.47 bits per heavy atom. The fourth-order valence-corrected chi connectivity index (χ4v) is 2.75. The number of fused-ring (bicyclic) bond motifs is 1. The maximum atomic E-state index is 12.3. The summed E-state index contributed by atoms with van der Waals surface area (Å²) in [6, 6.07) is 8.26. The zero-order chi connectivity index (χ0) is 13.7. The van der Waals surface area contributed by atoms with Crippen LogP contribution < -0.4 is 5.73 Å². The van der Waals surface area contributed by atoms with E-state index in [1.165, 1.54) is 11.1 Å². The van der Waals surface area contributed by atoms with Gasteiger partial charge in [0.25, 0.3) is 0 Å². The average Bonchev–Trinajstić information content (AvgIpc) is 2.45. The van der Waals surface area contributed by atoms with Crippen molar-refractivity contribution in [3.05, 3.63) is 35.4 Å². The number of Topliss-reactive ketones (excluding diaryl/α,β-unsaturated/α-hetero) is 1. The van der Waals surface area contributed by atoms with Gasteiger partial charge in [-0.15, -0.1) is 0 Å². The molecule has 0 amide bonds. The summed E-state index contributed by atoms with van der Waals surface area (Å²) in [7, 11) is 0. The monoisotopic (exact) mass is 261 g/mol. The molecule has 0 bridgehead atoms. The van der Waals surface area contributed by atoms with Crippen molar-refractivity contribution in [1.82, 2.24) is 0 Å². The number of nitrogens with two attached hydrogens (primary N) is 1. The molecule has 3 heteroatoms. The number of hydrogen-bond donors (Lipinski definition) is 1. The average molecular weight is 261 g/mol. The SMILES string of the molecule is CCCC(CN)C(=O)CC1OCCc2ccccc21. The van der Waals surface area contributed by atoms with E-state index >= 15 is 0 Å². The van der Waals surface area contributed by atoms with E-state index in [2.05, 4.69) is 19.1 Å². The molecule has 1 aromatic carbocycles. The van der Waals surface area contributed by atoms with E-state index in [9.17, 15) is 4.79 Å². The zero-order valence-electron chi connectivity index (χ0n) is 11.6. The van der Waals surface area contributed by atoms with Crippen molar-refractivity contribution in [2.75, 3.05) is 13.2 Å². The maximum Gasteiger partial charge on any atom is 0.140 e. The molecule has 2 unspecified atom stereocenters. The van der Waals surface area contributed by atoms with E-state index in [0.29, 0.717) is 19.6 Å². The highest BCUT2D eigenvalue weighted by molar-refractivity contribution is 5.82. The van der Waals surface area contributed by atoms with Gasteiger partial charge in [0.1, 0.15) is 5.78 Å². The van der Waals surface area contributed by atoms with Crippen molar-refractivity contribution in [3.63, 3.8) is 0 Å². The standard InChI is InChI=1S/C16H23NO2/c1-2-5-13(11-17)15(18)10-16-14-7-4-3-6-12(14)8-9-19-16/h3-4,6-7,13,16H,2,5,8-11,17H2,1H3. The van der Waals surface area contributed by atoms with E-state index in [0.717, 1.165) is 19.3 Å². The topological polar surface area (TPSA) is 52.3 Å². The minimum Gasteiger partial charge on any atom is -0.373 e. The number of carbonyl (C=O) groups is 1. The Labute approximate surface area is 115 Å². The molecule has 1 aliphatic heterocycles. The summed E-state index contributed by atoms with van der Waals surface area (Å²) in [4.78, 5) is 12.3. The van der Waals surface area contributed by atoms with Crippen LogP contribution in [0.4, 0.5) is 0 Å². The van der Waals surface area contributed by atoms with Crippen LogP contribution in [0.25, 0.3) is 0 Å². The number of carbonyl (C=O) groups excluding carboxylic acids is 1. The van der Waals surface area contributed by atoms with Crippen LogP contribution in [0.2, 0.25) is 0 Å². The molecule has 2 N–H and O–H groups in total. The third-order valence-corrected chi connectivity index (χ3v) is 3.86. The minimum atomic E-state index is -0.0802. The Bertz CT molecular complexity index is 431. The highest BCUT2D eigenvalue weighted by Gasteiger charge is 2.26. The molecule has 0 spiro atoms. The second kappa shape index (κ2) is 6.83. The Kier molecular flexibility index (Phi) is 5.11. The zero-order valence-corrected chi connectivity index (χ0v) is 11.6. The Morgan fingerprint density at radius 2 is 2.26 bits per heavy atom. The third-order valence-electron chi connectivity index (χ3n) is 3.86. The number of hydrogen-bond acceptors (Lipinski definition) is 3. The van der Waals surface area contributed by atoms with Gasteiger partial charge in [0.2, 0.25) is 0 Å². The van der Waals surface area contributed by atoms with Crippen LogP contribution in [0.15, 0.2) is 24.3 Å². The first-order chi connectivity index (χ1) is 9.26. The molecule has 0 saturated heterocycles. The Balaban J connectivity index is 2.06. The Morgan fingerprint density at radius 3 is 3.00 bits per heavy atom. The van der Waals surface area contributed by atoms with Crippen LogP contribution >= 0.6 is 0 Å². The summed E-state index contributed by atoms with van der Waals surface area (Å²) < 4.78 is 5.79. The summed E-state index contributed by atoms with van der Waals surface area (Å²) in [5, 5.41) is 0. The van der Waals surface area contributed by atoms with Crippen molar-refractivity contribution >= 4 is 5.78 Å². The molecule has 2 rings (SSSR count). The largest absolute Gasteiger partial charge is 0.373 e. The molecule has 0 fully saturated rings. The number of ketones is 1. The lowest BCUT2D eigenvalue weighted by Gasteiger charge is -2.26. The fourth-order valence-electron chi connectivity index (χ4n) is 2.75. The normalized spacial score (nSPS) is 19.8. The third kappa shape index (κ3) is 3.43. The van der Waals surface area contributed by atoms with E-state index < -0.39 is 0 Å². The van der Waals surface area contributed by atoms with Gasteiger partial charge in [-0.25, -0.2) is 0 Å². The Hall–Kier alpha value is -1.19. The minimum absolute atomic E-state index is 0.0114. The van der Waals surface area contributed by atoms with Crippen LogP contribution in [0.1, 0.15) is 43.4 Å². The van der Waals surface area contributed by atoms with Crippen LogP contribution in [-0.2, 0) is 16.0 Å². The predicted octanol–water partition coefficient (Wildman–Crippen LogP) is 2.63. The van der Waals surface area contributed by atoms with Crippen molar-refractivity contribution in [1.29, 1.82) is 0 Å².